The van der Waals surface area contributed by atoms with Gasteiger partial charge in [-0.1, -0.05) is 6.58 Å². The summed E-state index contributed by atoms with van der Waals surface area (Å²) in [5, 5.41) is 15.8. The van der Waals surface area contributed by atoms with Gasteiger partial charge in [0.05, 0.1) is 5.70 Å². The van der Waals surface area contributed by atoms with Crippen LogP contribution in [0.2, 0.25) is 0 Å². The van der Waals surface area contributed by atoms with E-state index in [2.05, 4.69) is 6.58 Å². The van der Waals surface area contributed by atoms with Gasteiger partial charge in [0.25, 0.3) is 6.29 Å². The minimum atomic E-state index is -0.907. The first kappa shape index (κ1) is 5.46. The Labute approximate surface area is 35.7 Å². The Hall–Kier alpha value is -0.540. The zero-order chi connectivity index (χ0) is 5.15. The quantitative estimate of drug-likeness (QED) is 0.412. The first-order valence-corrected chi connectivity index (χ1v) is 1.34. The van der Waals surface area contributed by atoms with Crippen molar-refractivity contribution >= 4 is 0 Å². The van der Waals surface area contributed by atoms with Gasteiger partial charge >= 0.3 is 0 Å². The van der Waals surface area contributed by atoms with Gasteiger partial charge in [-0.3, -0.25) is 0 Å². The molecule has 0 aromatic rings. The molecule has 0 rings (SSSR count). The van der Waals surface area contributed by atoms with Crippen molar-refractivity contribution in [3.63, 3.8) is 0 Å². The van der Waals surface area contributed by atoms with Crippen LogP contribution in [0.3, 0.4) is 0 Å². The molecule has 0 aliphatic rings. The van der Waals surface area contributed by atoms with E-state index >= 15 is 0 Å². The maximum atomic E-state index is 7.88. The Morgan fingerprint density at radius 2 is 1.67 bits per heavy atom. The molecule has 3 nitrogen and oxygen atoms in total. The number of hydrogen-bond donors (Lipinski definition) is 3. The van der Waals surface area contributed by atoms with Crippen LogP contribution in [0.1, 0.15) is 0 Å². The summed E-state index contributed by atoms with van der Waals surface area (Å²) in [4.78, 5) is 0. The number of hydrogen-bond acceptors (Lipinski definition) is 3. The van der Waals surface area contributed by atoms with Gasteiger partial charge in [-0.15, -0.1) is 0 Å². The molecule has 35 valence electrons. The van der Waals surface area contributed by atoms with Gasteiger partial charge < -0.3 is 15.9 Å². The molecule has 0 aromatic carbocycles. The smallest absolute Gasteiger partial charge is 0.266 e. The topological polar surface area (TPSA) is 66.5 Å². The highest BCUT2D eigenvalue weighted by Crippen LogP contribution is 1.90. The van der Waals surface area contributed by atoms with Gasteiger partial charge in [-0.2, -0.15) is 0 Å². The van der Waals surface area contributed by atoms with E-state index in [0.717, 1.165) is 0 Å². The lowest BCUT2D eigenvalue weighted by Gasteiger charge is -1.93. The SMILES string of the molecule is C=C(N)[C](O)O. The summed E-state index contributed by atoms with van der Waals surface area (Å²) in [6, 6.07) is 0. The third-order valence-electron chi connectivity index (χ3n) is 0.287. The lowest BCUT2D eigenvalue weighted by molar-refractivity contribution is 0.106. The fourth-order valence-corrected chi connectivity index (χ4v) is 0. The van der Waals surface area contributed by atoms with E-state index in [1.807, 2.05) is 0 Å². The van der Waals surface area contributed by atoms with Crippen LogP contribution in [0.4, 0.5) is 0 Å². The summed E-state index contributed by atoms with van der Waals surface area (Å²) in [7, 11) is 0. The van der Waals surface area contributed by atoms with Crippen molar-refractivity contribution in [2.75, 3.05) is 0 Å². The molecule has 1 radical (unpaired) electrons. The second-order valence-corrected chi connectivity index (χ2v) is 0.849. The molecule has 0 aliphatic carbocycles. The van der Waals surface area contributed by atoms with Crippen LogP contribution in [0.15, 0.2) is 12.3 Å². The van der Waals surface area contributed by atoms with Crippen LogP contribution in [0.25, 0.3) is 0 Å². The fraction of sp³-hybridized carbons (Fsp3) is 0. The van der Waals surface area contributed by atoms with Crippen molar-refractivity contribution in [1.29, 1.82) is 0 Å². The van der Waals surface area contributed by atoms with Crippen molar-refractivity contribution < 1.29 is 10.2 Å². The van der Waals surface area contributed by atoms with Gasteiger partial charge in [-0.25, -0.2) is 0 Å². The monoisotopic (exact) mass is 88.0 g/mol. The zero-order valence-electron chi connectivity index (χ0n) is 3.18. The Morgan fingerprint density at radius 1 is 1.50 bits per heavy atom. The third-order valence-corrected chi connectivity index (χ3v) is 0.287. The minimum Gasteiger partial charge on any atom is -0.398 e. The zero-order valence-corrected chi connectivity index (χ0v) is 3.18. The summed E-state index contributed by atoms with van der Waals surface area (Å²) in [6.07, 6.45) is -0.907. The van der Waals surface area contributed by atoms with Crippen molar-refractivity contribution in [2.45, 2.75) is 0 Å². The Morgan fingerprint density at radius 3 is 1.67 bits per heavy atom. The molecular formula is C3H6NO2. The van der Waals surface area contributed by atoms with E-state index in [-0.39, 0.29) is 5.70 Å². The highest BCUT2D eigenvalue weighted by molar-refractivity contribution is 5.00. The average molecular weight is 88.1 g/mol. The highest BCUT2D eigenvalue weighted by Gasteiger charge is 1.96. The Kier molecular flexibility index (Phi) is 1.63. The van der Waals surface area contributed by atoms with E-state index < -0.39 is 6.29 Å². The Bertz CT molecular complexity index is 59.8. The maximum absolute atomic E-state index is 7.88. The molecule has 3 heteroatoms. The van der Waals surface area contributed by atoms with E-state index in [1.54, 1.807) is 0 Å². The molecule has 0 saturated heterocycles. The molecule has 0 bridgehead atoms. The summed E-state index contributed by atoms with van der Waals surface area (Å²) in [5.41, 5.74) is 4.49. The van der Waals surface area contributed by atoms with Crippen LogP contribution in [-0.4, -0.2) is 10.2 Å². The molecule has 0 spiro atoms. The number of rotatable bonds is 1. The second kappa shape index (κ2) is 1.79. The molecule has 6 heavy (non-hydrogen) atoms. The summed E-state index contributed by atoms with van der Waals surface area (Å²) >= 11 is 0. The van der Waals surface area contributed by atoms with Crippen LogP contribution in [0.5, 0.6) is 0 Å². The predicted octanol–water partition coefficient (Wildman–Crippen LogP) is -0.307. The minimum absolute atomic E-state index is 0.213. The largest absolute Gasteiger partial charge is 0.398 e. The Balaban J connectivity index is 3.26. The van der Waals surface area contributed by atoms with Gasteiger partial charge in [-0.05, 0) is 0 Å². The first-order valence-electron chi connectivity index (χ1n) is 1.34. The van der Waals surface area contributed by atoms with Gasteiger partial charge in [0, 0.05) is 0 Å². The number of aliphatic hydroxyl groups excluding tert-OH is 1. The van der Waals surface area contributed by atoms with Crippen molar-refractivity contribution in [2.24, 2.45) is 5.73 Å². The number of nitrogens with two attached hydrogens (primary N) is 1. The van der Waals surface area contributed by atoms with Crippen LogP contribution >= 0.6 is 0 Å². The molecule has 0 heterocycles. The van der Waals surface area contributed by atoms with Crippen LogP contribution in [-0.2, 0) is 0 Å². The van der Waals surface area contributed by atoms with Gasteiger partial charge in [0.1, 0.15) is 0 Å². The van der Waals surface area contributed by atoms with Gasteiger partial charge in [0.2, 0.25) is 0 Å². The predicted molar refractivity (Wildman–Crippen MR) is 20.4 cm³/mol. The summed E-state index contributed by atoms with van der Waals surface area (Å²) < 4.78 is 0. The second-order valence-electron chi connectivity index (χ2n) is 0.849. The lowest BCUT2D eigenvalue weighted by Crippen LogP contribution is -2.05. The van der Waals surface area contributed by atoms with Crippen molar-refractivity contribution in [3.8, 4) is 0 Å². The van der Waals surface area contributed by atoms with Crippen LogP contribution < -0.4 is 5.73 Å². The molecule has 4 N–H and O–H groups in total. The maximum Gasteiger partial charge on any atom is 0.266 e. The normalized spacial score (nSPS) is 9.17. The summed E-state index contributed by atoms with van der Waals surface area (Å²) in [6.45, 7) is 3.00. The molecular weight excluding hydrogens is 82.0 g/mol. The standard InChI is InChI=1S/C3H6NO2/c1-2(4)3(5)6/h5-6H,1,4H2. The van der Waals surface area contributed by atoms with Crippen molar-refractivity contribution in [3.05, 3.63) is 18.6 Å². The fourth-order valence-electron chi connectivity index (χ4n) is 0. The van der Waals surface area contributed by atoms with Crippen LogP contribution in [0, 0.1) is 6.29 Å². The first-order chi connectivity index (χ1) is 2.64. The molecule has 0 fully saturated rings. The van der Waals surface area contributed by atoms with E-state index in [9.17, 15) is 0 Å². The molecule has 0 aromatic heterocycles. The van der Waals surface area contributed by atoms with Gasteiger partial charge in [0.15, 0.2) is 0 Å². The molecule has 0 aliphatic heterocycles. The molecule has 0 unspecified atom stereocenters. The number of aliphatic hydroxyl groups is 2. The molecule has 0 saturated carbocycles. The van der Waals surface area contributed by atoms with Crippen molar-refractivity contribution in [1.82, 2.24) is 0 Å². The molecule has 0 atom stereocenters. The van der Waals surface area contributed by atoms with E-state index in [0.29, 0.717) is 0 Å². The average Bonchev–Trinajstić information content (AvgIpc) is 1.36. The highest BCUT2D eigenvalue weighted by atomic mass is 16.5. The van der Waals surface area contributed by atoms with E-state index in [1.165, 1.54) is 0 Å². The summed E-state index contributed by atoms with van der Waals surface area (Å²) in [5.74, 6) is 0. The third kappa shape index (κ3) is 1.75. The lowest BCUT2D eigenvalue weighted by atomic mass is 10.5. The van der Waals surface area contributed by atoms with E-state index in [4.69, 9.17) is 15.9 Å². The molecule has 0 amide bonds.